The molecule has 0 radical (unpaired) electrons. The second-order valence-electron chi connectivity index (χ2n) is 3.22. The van der Waals surface area contributed by atoms with E-state index in [0.717, 1.165) is 0 Å². The first-order valence-corrected chi connectivity index (χ1v) is 4.70. The fraction of sp³-hybridized carbons (Fsp3) is 0.300. The molecule has 1 aliphatic rings. The third kappa shape index (κ3) is 2.33. The van der Waals surface area contributed by atoms with E-state index in [9.17, 15) is 10.0 Å². The highest BCUT2D eigenvalue weighted by Gasteiger charge is 2.20. The number of nitrogens with zero attached hydrogens (tertiary/aromatic N) is 1. The predicted molar refractivity (Wildman–Crippen MR) is 53.7 cm³/mol. The van der Waals surface area contributed by atoms with Crippen LogP contribution in [0.3, 0.4) is 0 Å². The number of carbonyl (C=O) groups excluding carboxylic acids is 1. The van der Waals surface area contributed by atoms with E-state index >= 15 is 0 Å². The van der Waals surface area contributed by atoms with Crippen molar-refractivity contribution in [2.24, 2.45) is 0 Å². The van der Waals surface area contributed by atoms with Gasteiger partial charge in [0.05, 0.1) is 5.56 Å². The van der Waals surface area contributed by atoms with E-state index in [1.54, 1.807) is 24.3 Å². The van der Waals surface area contributed by atoms with Crippen molar-refractivity contribution in [3.63, 3.8) is 0 Å². The molecular formula is C10H11N2O3-. The SMILES string of the molecule is O=C(OC1NCCN1[O-])c1ccccc1. The van der Waals surface area contributed by atoms with E-state index in [0.29, 0.717) is 23.7 Å². The minimum atomic E-state index is -0.849. The molecule has 0 aliphatic carbocycles. The number of hydrogen-bond donors (Lipinski definition) is 1. The lowest BCUT2D eigenvalue weighted by Crippen LogP contribution is -2.36. The van der Waals surface area contributed by atoms with Crippen LogP contribution in [0.5, 0.6) is 0 Å². The Hall–Kier alpha value is -1.43. The average molecular weight is 207 g/mol. The lowest BCUT2D eigenvalue weighted by Gasteiger charge is -2.28. The minimum absolute atomic E-state index is 0.340. The maximum absolute atomic E-state index is 11.5. The summed E-state index contributed by atoms with van der Waals surface area (Å²) >= 11 is 0. The zero-order valence-corrected chi connectivity index (χ0v) is 8.05. The molecule has 15 heavy (non-hydrogen) atoms. The fourth-order valence-electron chi connectivity index (χ4n) is 1.36. The summed E-state index contributed by atoms with van der Waals surface area (Å²) in [4.78, 5) is 11.5. The normalized spacial score (nSPS) is 21.5. The summed E-state index contributed by atoms with van der Waals surface area (Å²) in [5.41, 5.74) is 0.444. The van der Waals surface area contributed by atoms with E-state index < -0.39 is 12.3 Å². The van der Waals surface area contributed by atoms with Gasteiger partial charge in [-0.05, 0) is 12.1 Å². The molecule has 2 rings (SSSR count). The highest BCUT2D eigenvalue weighted by molar-refractivity contribution is 5.89. The average Bonchev–Trinajstić information content (AvgIpc) is 2.66. The van der Waals surface area contributed by atoms with E-state index in [1.807, 2.05) is 6.07 Å². The number of ether oxygens (including phenoxy) is 1. The Morgan fingerprint density at radius 1 is 1.47 bits per heavy atom. The first kappa shape index (κ1) is 10.1. The topological polar surface area (TPSA) is 64.6 Å². The van der Waals surface area contributed by atoms with Gasteiger partial charge in [-0.15, -0.1) is 0 Å². The van der Waals surface area contributed by atoms with Crippen molar-refractivity contribution in [2.75, 3.05) is 13.1 Å². The van der Waals surface area contributed by atoms with Gasteiger partial charge in [0, 0.05) is 13.1 Å². The Labute approximate surface area is 87.2 Å². The Balaban J connectivity index is 1.98. The first-order chi connectivity index (χ1) is 7.27. The maximum Gasteiger partial charge on any atom is 0.340 e. The molecule has 0 bridgehead atoms. The van der Waals surface area contributed by atoms with Crippen LogP contribution in [0.25, 0.3) is 0 Å². The largest absolute Gasteiger partial charge is 0.782 e. The minimum Gasteiger partial charge on any atom is -0.782 e. The molecule has 1 fully saturated rings. The molecule has 1 atom stereocenters. The quantitative estimate of drug-likeness (QED) is 0.716. The molecule has 0 amide bonds. The van der Waals surface area contributed by atoms with E-state index in [-0.39, 0.29) is 0 Å². The number of hydrogen-bond acceptors (Lipinski definition) is 5. The van der Waals surface area contributed by atoms with Crippen LogP contribution in [0.4, 0.5) is 0 Å². The molecule has 0 saturated carbocycles. The van der Waals surface area contributed by atoms with E-state index in [2.05, 4.69) is 5.32 Å². The van der Waals surface area contributed by atoms with Crippen LogP contribution < -0.4 is 5.32 Å². The van der Waals surface area contributed by atoms with Gasteiger partial charge in [-0.3, -0.25) is 5.32 Å². The van der Waals surface area contributed by atoms with Crippen LogP contribution in [0.2, 0.25) is 0 Å². The van der Waals surface area contributed by atoms with Crippen LogP contribution in [0.1, 0.15) is 10.4 Å². The van der Waals surface area contributed by atoms with Crippen LogP contribution >= 0.6 is 0 Å². The highest BCUT2D eigenvalue weighted by atomic mass is 16.6. The smallest absolute Gasteiger partial charge is 0.340 e. The molecule has 5 heteroatoms. The van der Waals surface area contributed by atoms with Crippen molar-refractivity contribution in [2.45, 2.75) is 6.35 Å². The van der Waals surface area contributed by atoms with Gasteiger partial charge in [0.1, 0.15) is 0 Å². The van der Waals surface area contributed by atoms with Gasteiger partial charge in [-0.1, -0.05) is 18.2 Å². The summed E-state index contributed by atoms with van der Waals surface area (Å²) in [6, 6.07) is 8.59. The summed E-state index contributed by atoms with van der Waals surface area (Å²) in [7, 11) is 0. The van der Waals surface area contributed by atoms with Gasteiger partial charge in [0.15, 0.2) is 0 Å². The number of rotatable bonds is 2. The number of esters is 1. The monoisotopic (exact) mass is 207 g/mol. The molecule has 1 aliphatic heterocycles. The lowest BCUT2D eigenvalue weighted by atomic mass is 10.2. The molecule has 1 N–H and O–H groups in total. The second-order valence-corrected chi connectivity index (χ2v) is 3.22. The predicted octanol–water partition coefficient (Wildman–Crippen LogP) is 0.530. The van der Waals surface area contributed by atoms with Gasteiger partial charge in [-0.2, -0.15) is 0 Å². The highest BCUT2D eigenvalue weighted by Crippen LogP contribution is 2.07. The van der Waals surface area contributed by atoms with Gasteiger partial charge in [-0.25, -0.2) is 4.79 Å². The summed E-state index contributed by atoms with van der Waals surface area (Å²) in [6.45, 7) is 0.878. The van der Waals surface area contributed by atoms with Crippen molar-refractivity contribution in [3.05, 3.63) is 41.1 Å². The first-order valence-electron chi connectivity index (χ1n) is 4.70. The lowest BCUT2D eigenvalue weighted by molar-refractivity contribution is -0.00852. The molecule has 0 spiro atoms. The molecular weight excluding hydrogens is 196 g/mol. The Kier molecular flexibility index (Phi) is 2.96. The van der Waals surface area contributed by atoms with Crippen molar-refractivity contribution in [1.29, 1.82) is 0 Å². The Morgan fingerprint density at radius 2 is 2.20 bits per heavy atom. The molecule has 80 valence electrons. The molecule has 1 unspecified atom stereocenters. The number of hydroxylamine groups is 2. The van der Waals surface area contributed by atoms with Gasteiger partial charge < -0.3 is 15.0 Å². The molecule has 1 aromatic rings. The van der Waals surface area contributed by atoms with Crippen molar-refractivity contribution >= 4 is 5.97 Å². The van der Waals surface area contributed by atoms with Crippen molar-refractivity contribution in [3.8, 4) is 0 Å². The Morgan fingerprint density at radius 3 is 2.80 bits per heavy atom. The Bertz CT molecular complexity index is 342. The fourth-order valence-corrected chi connectivity index (χ4v) is 1.36. The van der Waals surface area contributed by atoms with Crippen molar-refractivity contribution in [1.82, 2.24) is 10.4 Å². The van der Waals surface area contributed by atoms with Gasteiger partial charge in [0.25, 0.3) is 0 Å². The maximum atomic E-state index is 11.5. The molecule has 1 heterocycles. The molecule has 0 aromatic heterocycles. The summed E-state index contributed by atoms with van der Waals surface area (Å²) < 4.78 is 4.97. The van der Waals surface area contributed by atoms with Crippen molar-refractivity contribution < 1.29 is 9.53 Å². The molecule has 5 nitrogen and oxygen atoms in total. The number of benzene rings is 1. The number of carbonyl (C=O) groups is 1. The second kappa shape index (κ2) is 4.39. The molecule has 1 aromatic carbocycles. The van der Waals surface area contributed by atoms with Crippen LogP contribution in [0, 0.1) is 5.21 Å². The van der Waals surface area contributed by atoms with Gasteiger partial charge >= 0.3 is 5.97 Å². The van der Waals surface area contributed by atoms with E-state index in [1.165, 1.54) is 0 Å². The van der Waals surface area contributed by atoms with Gasteiger partial charge in [0.2, 0.25) is 6.35 Å². The summed E-state index contributed by atoms with van der Waals surface area (Å²) in [5.74, 6) is -0.490. The molecule has 1 saturated heterocycles. The third-order valence-corrected chi connectivity index (χ3v) is 2.14. The van der Waals surface area contributed by atoms with Crippen LogP contribution in [-0.4, -0.2) is 30.5 Å². The number of nitrogens with one attached hydrogen (secondary N) is 1. The summed E-state index contributed by atoms with van der Waals surface area (Å²) in [6.07, 6.45) is -0.849. The van der Waals surface area contributed by atoms with E-state index in [4.69, 9.17) is 4.74 Å². The summed E-state index contributed by atoms with van der Waals surface area (Å²) in [5, 5.41) is 14.6. The standard InChI is InChI=1S/C10H11N2O3/c13-9(8-4-2-1-3-5-8)15-10-11-6-7-12(10)14/h1-5,10-11H,6-7H2/q-1. The zero-order valence-electron chi connectivity index (χ0n) is 8.05. The zero-order chi connectivity index (χ0) is 10.7. The van der Waals surface area contributed by atoms with Crippen LogP contribution in [0.15, 0.2) is 30.3 Å². The third-order valence-electron chi connectivity index (χ3n) is 2.14. The van der Waals surface area contributed by atoms with Crippen LogP contribution in [-0.2, 0) is 4.74 Å².